The minimum Gasteiger partial charge on any atom is -0.387 e. The van der Waals surface area contributed by atoms with E-state index in [0.29, 0.717) is 12.2 Å². The molecule has 0 aromatic rings. The van der Waals surface area contributed by atoms with Crippen molar-refractivity contribution in [2.75, 3.05) is 13.1 Å². The lowest BCUT2D eigenvalue weighted by Crippen LogP contribution is -2.39. The monoisotopic (exact) mass is 422 g/mol. The number of carbonyl (C=O) groups is 1. The molecule has 0 aromatic carbocycles. The second-order valence-corrected chi connectivity index (χ2v) is 9.04. The van der Waals surface area contributed by atoms with Gasteiger partial charge in [0.05, 0.1) is 5.71 Å². The highest BCUT2D eigenvalue weighted by atomic mass is 16.6. The molecule has 5 heteroatoms. The number of oxime groups is 1. The van der Waals surface area contributed by atoms with Crippen molar-refractivity contribution in [1.29, 1.82) is 0 Å². The van der Waals surface area contributed by atoms with Crippen LogP contribution in [0, 0.1) is 11.8 Å². The Morgan fingerprint density at radius 3 is 2.68 bits per heavy atom. The molecule has 0 N–H and O–H groups in total. The first kappa shape index (κ1) is 23.6. The van der Waals surface area contributed by atoms with Crippen LogP contribution in [0.5, 0.6) is 0 Å². The number of likely N-dealkylation sites (tertiary alicyclic amines) is 1. The Balaban J connectivity index is 1.50. The number of rotatable bonds is 6. The second-order valence-electron chi connectivity index (χ2n) is 9.04. The van der Waals surface area contributed by atoms with Gasteiger partial charge in [0.25, 0.3) is 0 Å². The molecule has 168 valence electrons. The zero-order valence-electron chi connectivity index (χ0n) is 19.7. The highest BCUT2D eigenvalue weighted by Crippen LogP contribution is 2.35. The molecule has 0 bridgehead atoms. The van der Waals surface area contributed by atoms with Crippen LogP contribution in [0.15, 0.2) is 52.8 Å². The molecule has 3 aliphatic rings. The van der Waals surface area contributed by atoms with Gasteiger partial charge in [-0.1, -0.05) is 41.6 Å². The number of hydrogen-bond acceptors (Lipinski definition) is 3. The average molecular weight is 422 g/mol. The topological polar surface area (TPSA) is 41.9 Å². The highest BCUT2D eigenvalue weighted by Gasteiger charge is 2.29. The molecule has 1 aliphatic carbocycles. The van der Waals surface area contributed by atoms with Gasteiger partial charge in [0.2, 0.25) is 5.91 Å². The van der Waals surface area contributed by atoms with Crippen molar-refractivity contribution < 1.29 is 9.63 Å². The Bertz CT molecular complexity index is 757. The quantitative estimate of drug-likeness (QED) is 0.446. The first-order valence-corrected chi connectivity index (χ1v) is 12.3. The molecule has 31 heavy (non-hydrogen) atoms. The van der Waals surface area contributed by atoms with Gasteiger partial charge in [0.15, 0.2) is 6.10 Å². The molecule has 2 unspecified atom stereocenters. The number of hydrogen-bond donors (Lipinski definition) is 0. The molecule has 0 aromatic heterocycles. The first-order chi connectivity index (χ1) is 15.2. The molecule has 2 aliphatic heterocycles. The average Bonchev–Trinajstić information content (AvgIpc) is 3.26. The summed E-state index contributed by atoms with van der Waals surface area (Å²) in [4.78, 5) is 19.8. The molecule has 0 spiro atoms. The van der Waals surface area contributed by atoms with Gasteiger partial charge >= 0.3 is 0 Å². The Hall–Kier alpha value is -2.04. The molecule has 0 radical (unpaired) electrons. The Kier molecular flexibility index (Phi) is 9.23. The van der Waals surface area contributed by atoms with Gasteiger partial charge in [-0.15, -0.1) is 0 Å². The van der Waals surface area contributed by atoms with Gasteiger partial charge in [-0.05, 0) is 88.1 Å². The van der Waals surface area contributed by atoms with E-state index < -0.39 is 0 Å². The predicted octanol–water partition coefficient (Wildman–Crippen LogP) is 5.01. The van der Waals surface area contributed by atoms with Crippen LogP contribution in [0.1, 0.15) is 65.2 Å². The summed E-state index contributed by atoms with van der Waals surface area (Å²) in [6.07, 6.45) is 22.8. The lowest BCUT2D eigenvalue weighted by molar-refractivity contribution is -0.130. The van der Waals surface area contributed by atoms with Crippen molar-refractivity contribution in [3.05, 3.63) is 47.6 Å². The number of piperidine rings is 1. The Labute approximate surface area is 189 Å². The van der Waals surface area contributed by atoms with E-state index in [2.05, 4.69) is 41.3 Å². The lowest BCUT2D eigenvalue weighted by atomic mass is 9.77. The smallest absolute Gasteiger partial charge is 0.214 e. The van der Waals surface area contributed by atoms with Gasteiger partial charge in [0.1, 0.15) is 7.85 Å². The summed E-state index contributed by atoms with van der Waals surface area (Å²) in [5, 5.41) is 4.47. The fourth-order valence-corrected chi connectivity index (χ4v) is 5.26. The maximum absolute atomic E-state index is 11.9. The zero-order valence-corrected chi connectivity index (χ0v) is 19.7. The van der Waals surface area contributed by atoms with E-state index in [4.69, 9.17) is 4.84 Å². The summed E-state index contributed by atoms with van der Waals surface area (Å²) < 4.78 is 0. The zero-order chi connectivity index (χ0) is 22.1. The van der Waals surface area contributed by atoms with Crippen LogP contribution >= 0.6 is 0 Å². The van der Waals surface area contributed by atoms with Gasteiger partial charge in [-0.2, -0.15) is 0 Å². The van der Waals surface area contributed by atoms with Crippen molar-refractivity contribution in [3.63, 3.8) is 0 Å². The summed E-state index contributed by atoms with van der Waals surface area (Å²) in [6, 6.07) is 0. The van der Waals surface area contributed by atoms with Crippen LogP contribution in [-0.2, 0) is 9.63 Å². The minimum absolute atomic E-state index is 0.0385. The number of carbonyl (C=O) groups excluding carboxylic acids is 1. The van der Waals surface area contributed by atoms with Crippen LogP contribution in [0.25, 0.3) is 0 Å². The van der Waals surface area contributed by atoms with Gasteiger partial charge in [-0.25, -0.2) is 0 Å². The van der Waals surface area contributed by atoms with E-state index in [9.17, 15) is 4.79 Å². The SMILES string of the molecule is BCC(=O)N1CCC(C2CC/C=C(/C3=NOC(C(/C=C\C=C/C)=C/C)C3)CCC2)CC1. The fourth-order valence-electron chi connectivity index (χ4n) is 5.26. The minimum atomic E-state index is 0.0385. The van der Waals surface area contributed by atoms with E-state index in [0.717, 1.165) is 49.9 Å². The molecule has 2 atom stereocenters. The van der Waals surface area contributed by atoms with Crippen LogP contribution in [0.4, 0.5) is 0 Å². The third kappa shape index (κ3) is 6.47. The van der Waals surface area contributed by atoms with Crippen LogP contribution < -0.4 is 0 Å². The number of amides is 1. The van der Waals surface area contributed by atoms with Crippen LogP contribution in [-0.4, -0.2) is 43.6 Å². The Morgan fingerprint density at radius 2 is 1.97 bits per heavy atom. The van der Waals surface area contributed by atoms with E-state index in [-0.39, 0.29) is 6.10 Å². The third-order valence-corrected chi connectivity index (χ3v) is 7.15. The third-order valence-electron chi connectivity index (χ3n) is 7.15. The van der Waals surface area contributed by atoms with Crippen molar-refractivity contribution in [1.82, 2.24) is 4.90 Å². The largest absolute Gasteiger partial charge is 0.387 e. The summed E-state index contributed by atoms with van der Waals surface area (Å²) in [7, 11) is 1.97. The van der Waals surface area contributed by atoms with Crippen LogP contribution in [0.2, 0.25) is 6.32 Å². The summed E-state index contributed by atoms with van der Waals surface area (Å²) in [5.74, 6) is 1.91. The summed E-state index contributed by atoms with van der Waals surface area (Å²) >= 11 is 0. The van der Waals surface area contributed by atoms with Crippen molar-refractivity contribution in [2.45, 2.75) is 77.6 Å². The van der Waals surface area contributed by atoms with Crippen molar-refractivity contribution in [3.8, 4) is 0 Å². The standard InChI is InChI=1S/C26H39BN2O2/c1-3-5-6-9-20(4-2)25-18-24(28-31-25)23-12-7-10-21(11-8-13-23)22-14-16-29(17-15-22)26(30)19-27/h3-6,9,12,21-22,25H,7-8,10-11,13-19,27H2,1-2H3/b5-3-,9-6-,20-4+,23-12+. The maximum atomic E-state index is 11.9. The van der Waals surface area contributed by atoms with Crippen LogP contribution in [0.3, 0.4) is 0 Å². The summed E-state index contributed by atoms with van der Waals surface area (Å²) in [6.45, 7) is 6.00. The van der Waals surface area contributed by atoms with E-state index >= 15 is 0 Å². The molecule has 2 heterocycles. The predicted molar refractivity (Wildman–Crippen MR) is 132 cm³/mol. The molecular formula is C26H39BN2O2. The number of allylic oxidation sites excluding steroid dienone is 6. The van der Waals surface area contributed by atoms with E-state index in [1.807, 2.05) is 26.9 Å². The molecule has 1 amide bonds. The van der Waals surface area contributed by atoms with Crippen molar-refractivity contribution >= 4 is 19.5 Å². The first-order valence-electron chi connectivity index (χ1n) is 12.3. The molecule has 3 rings (SSSR count). The summed E-state index contributed by atoms with van der Waals surface area (Å²) in [5.41, 5.74) is 3.74. The molecule has 0 saturated carbocycles. The molecule has 4 nitrogen and oxygen atoms in total. The van der Waals surface area contributed by atoms with Gasteiger partial charge in [0, 0.05) is 19.5 Å². The van der Waals surface area contributed by atoms with E-state index in [1.54, 1.807) is 0 Å². The van der Waals surface area contributed by atoms with Crippen molar-refractivity contribution in [2.24, 2.45) is 17.0 Å². The second kappa shape index (κ2) is 12.1. The Morgan fingerprint density at radius 1 is 1.19 bits per heavy atom. The molecule has 1 fully saturated rings. The molecule has 1 saturated heterocycles. The van der Waals surface area contributed by atoms with Gasteiger partial charge in [-0.3, -0.25) is 4.79 Å². The van der Waals surface area contributed by atoms with Gasteiger partial charge < -0.3 is 9.74 Å². The maximum Gasteiger partial charge on any atom is 0.214 e. The highest BCUT2D eigenvalue weighted by molar-refractivity contribution is 6.19. The van der Waals surface area contributed by atoms with E-state index in [1.165, 1.54) is 43.3 Å². The molecular weight excluding hydrogens is 383 g/mol. The fraction of sp³-hybridized carbons (Fsp3) is 0.615. The lowest BCUT2D eigenvalue weighted by Gasteiger charge is -2.36. The number of nitrogens with zero attached hydrogens (tertiary/aromatic N) is 2. The normalized spacial score (nSPS) is 28.2.